The SMILES string of the molecule is c1ccc(Oc2ccc(Oc3cncnc3)cc2)cc1. The third kappa shape index (κ3) is 3.11. The van der Waals surface area contributed by atoms with E-state index in [-0.39, 0.29) is 0 Å². The van der Waals surface area contributed by atoms with Crippen LogP contribution in [0.4, 0.5) is 0 Å². The fourth-order valence-corrected chi connectivity index (χ4v) is 1.67. The van der Waals surface area contributed by atoms with Crippen LogP contribution in [0.25, 0.3) is 0 Å². The minimum absolute atomic E-state index is 0.601. The second-order valence-corrected chi connectivity index (χ2v) is 4.06. The second-order valence-electron chi connectivity index (χ2n) is 4.06. The maximum Gasteiger partial charge on any atom is 0.163 e. The lowest BCUT2D eigenvalue weighted by Crippen LogP contribution is -1.87. The van der Waals surface area contributed by atoms with E-state index in [0.29, 0.717) is 11.5 Å². The van der Waals surface area contributed by atoms with Crippen LogP contribution in [0.5, 0.6) is 23.0 Å². The van der Waals surface area contributed by atoms with E-state index in [4.69, 9.17) is 9.47 Å². The van der Waals surface area contributed by atoms with Gasteiger partial charge in [0, 0.05) is 0 Å². The van der Waals surface area contributed by atoms with Crippen LogP contribution in [0, 0.1) is 0 Å². The van der Waals surface area contributed by atoms with E-state index in [2.05, 4.69) is 9.97 Å². The van der Waals surface area contributed by atoms with Crippen molar-refractivity contribution in [2.24, 2.45) is 0 Å². The van der Waals surface area contributed by atoms with Gasteiger partial charge in [0.25, 0.3) is 0 Å². The molecular formula is C16H12N2O2. The first-order valence-corrected chi connectivity index (χ1v) is 6.16. The normalized spacial score (nSPS) is 10.0. The van der Waals surface area contributed by atoms with E-state index < -0.39 is 0 Å². The predicted molar refractivity (Wildman–Crippen MR) is 75.1 cm³/mol. The Labute approximate surface area is 116 Å². The van der Waals surface area contributed by atoms with Gasteiger partial charge in [-0.3, -0.25) is 0 Å². The molecule has 0 aliphatic heterocycles. The molecule has 98 valence electrons. The number of para-hydroxylation sites is 1. The highest BCUT2D eigenvalue weighted by atomic mass is 16.5. The summed E-state index contributed by atoms with van der Waals surface area (Å²) in [4.78, 5) is 7.79. The predicted octanol–water partition coefficient (Wildman–Crippen LogP) is 4.06. The Hall–Kier alpha value is -2.88. The summed E-state index contributed by atoms with van der Waals surface area (Å²) < 4.78 is 11.3. The van der Waals surface area contributed by atoms with Gasteiger partial charge in [-0.25, -0.2) is 9.97 Å². The summed E-state index contributed by atoms with van der Waals surface area (Å²) in [6.45, 7) is 0. The van der Waals surface area contributed by atoms with E-state index >= 15 is 0 Å². The van der Waals surface area contributed by atoms with E-state index in [1.54, 1.807) is 12.4 Å². The zero-order valence-electron chi connectivity index (χ0n) is 10.6. The largest absolute Gasteiger partial charge is 0.457 e. The molecule has 1 aromatic heterocycles. The zero-order valence-corrected chi connectivity index (χ0v) is 10.6. The summed E-state index contributed by atoms with van der Waals surface area (Å²) in [7, 11) is 0. The van der Waals surface area contributed by atoms with Crippen molar-refractivity contribution >= 4 is 0 Å². The van der Waals surface area contributed by atoms with Gasteiger partial charge in [-0.05, 0) is 36.4 Å². The molecule has 3 aromatic rings. The molecule has 0 unspecified atom stereocenters. The highest BCUT2D eigenvalue weighted by Gasteiger charge is 2.00. The minimum Gasteiger partial charge on any atom is -0.457 e. The zero-order chi connectivity index (χ0) is 13.6. The van der Waals surface area contributed by atoms with Crippen molar-refractivity contribution < 1.29 is 9.47 Å². The summed E-state index contributed by atoms with van der Waals surface area (Å²) in [5, 5.41) is 0. The van der Waals surface area contributed by atoms with Gasteiger partial charge in [-0.1, -0.05) is 18.2 Å². The molecule has 1 heterocycles. The summed E-state index contributed by atoms with van der Waals surface area (Å²) in [5.41, 5.74) is 0. The molecule has 0 aliphatic rings. The van der Waals surface area contributed by atoms with Gasteiger partial charge in [-0.15, -0.1) is 0 Å². The molecule has 0 N–H and O–H groups in total. The first-order valence-electron chi connectivity index (χ1n) is 6.16. The van der Waals surface area contributed by atoms with Gasteiger partial charge in [0.15, 0.2) is 5.75 Å². The quantitative estimate of drug-likeness (QED) is 0.712. The summed E-state index contributed by atoms with van der Waals surface area (Å²) >= 11 is 0. The number of hydrogen-bond donors (Lipinski definition) is 0. The number of aromatic nitrogens is 2. The van der Waals surface area contributed by atoms with Crippen LogP contribution in [0.3, 0.4) is 0 Å². The number of benzene rings is 2. The lowest BCUT2D eigenvalue weighted by Gasteiger charge is -2.07. The molecule has 0 bridgehead atoms. The van der Waals surface area contributed by atoms with Crippen molar-refractivity contribution in [2.45, 2.75) is 0 Å². The minimum atomic E-state index is 0.601. The lowest BCUT2D eigenvalue weighted by atomic mass is 10.3. The topological polar surface area (TPSA) is 44.2 Å². The Morgan fingerprint density at radius 2 is 1.05 bits per heavy atom. The molecule has 4 nitrogen and oxygen atoms in total. The molecule has 4 heteroatoms. The summed E-state index contributed by atoms with van der Waals surface area (Å²) in [6, 6.07) is 17.0. The van der Waals surface area contributed by atoms with Crippen LogP contribution in [0.2, 0.25) is 0 Å². The van der Waals surface area contributed by atoms with E-state index in [9.17, 15) is 0 Å². The average molecular weight is 264 g/mol. The van der Waals surface area contributed by atoms with Crippen LogP contribution in [0.15, 0.2) is 73.3 Å². The molecule has 3 rings (SSSR count). The molecule has 0 atom stereocenters. The summed E-state index contributed by atoms with van der Waals surface area (Å²) in [6.07, 6.45) is 4.69. The Morgan fingerprint density at radius 3 is 1.65 bits per heavy atom. The van der Waals surface area contributed by atoms with E-state index in [1.165, 1.54) is 6.33 Å². The average Bonchev–Trinajstić information content (AvgIpc) is 2.51. The number of ether oxygens (including phenoxy) is 2. The number of rotatable bonds is 4. The van der Waals surface area contributed by atoms with Crippen LogP contribution >= 0.6 is 0 Å². The highest BCUT2D eigenvalue weighted by molar-refractivity contribution is 5.36. The molecule has 0 saturated carbocycles. The monoisotopic (exact) mass is 264 g/mol. The lowest BCUT2D eigenvalue weighted by molar-refractivity contribution is 0.466. The van der Waals surface area contributed by atoms with Crippen molar-refractivity contribution in [3.05, 3.63) is 73.3 Å². The van der Waals surface area contributed by atoms with Crippen molar-refractivity contribution in [1.82, 2.24) is 9.97 Å². The fraction of sp³-hybridized carbons (Fsp3) is 0. The molecule has 0 fully saturated rings. The second kappa shape index (κ2) is 5.84. The molecule has 2 aromatic carbocycles. The van der Waals surface area contributed by atoms with Crippen molar-refractivity contribution in [1.29, 1.82) is 0 Å². The molecule has 0 saturated heterocycles. The van der Waals surface area contributed by atoms with Gasteiger partial charge in [-0.2, -0.15) is 0 Å². The van der Waals surface area contributed by atoms with E-state index in [1.807, 2.05) is 54.6 Å². The Bertz CT molecular complexity index is 595. The number of hydrogen-bond acceptors (Lipinski definition) is 4. The number of nitrogens with zero attached hydrogens (tertiary/aromatic N) is 2. The van der Waals surface area contributed by atoms with E-state index in [0.717, 1.165) is 11.5 Å². The Balaban J connectivity index is 1.69. The summed E-state index contributed by atoms with van der Waals surface area (Å²) in [5.74, 6) is 2.87. The smallest absolute Gasteiger partial charge is 0.163 e. The van der Waals surface area contributed by atoms with Gasteiger partial charge < -0.3 is 9.47 Å². The Morgan fingerprint density at radius 1 is 0.550 bits per heavy atom. The molecule has 20 heavy (non-hydrogen) atoms. The Kier molecular flexibility index (Phi) is 3.55. The van der Waals surface area contributed by atoms with Crippen LogP contribution in [-0.2, 0) is 0 Å². The molecule has 0 radical (unpaired) electrons. The van der Waals surface area contributed by atoms with Crippen molar-refractivity contribution in [3.63, 3.8) is 0 Å². The molecule has 0 aliphatic carbocycles. The first-order chi connectivity index (χ1) is 9.90. The highest BCUT2D eigenvalue weighted by Crippen LogP contribution is 2.25. The van der Waals surface area contributed by atoms with Gasteiger partial charge in [0.1, 0.15) is 23.6 Å². The molecular weight excluding hydrogens is 252 g/mol. The third-order valence-corrected chi connectivity index (χ3v) is 2.58. The molecule has 0 spiro atoms. The maximum atomic E-state index is 5.70. The van der Waals surface area contributed by atoms with Crippen molar-refractivity contribution in [2.75, 3.05) is 0 Å². The van der Waals surface area contributed by atoms with Gasteiger partial charge >= 0.3 is 0 Å². The maximum absolute atomic E-state index is 5.70. The first kappa shape index (κ1) is 12.2. The van der Waals surface area contributed by atoms with Crippen LogP contribution in [0.1, 0.15) is 0 Å². The molecule has 0 amide bonds. The van der Waals surface area contributed by atoms with Crippen molar-refractivity contribution in [3.8, 4) is 23.0 Å². The van der Waals surface area contributed by atoms with Crippen LogP contribution in [-0.4, -0.2) is 9.97 Å². The van der Waals surface area contributed by atoms with Crippen LogP contribution < -0.4 is 9.47 Å². The fourth-order valence-electron chi connectivity index (χ4n) is 1.67. The van der Waals surface area contributed by atoms with Gasteiger partial charge in [0.05, 0.1) is 12.4 Å². The third-order valence-electron chi connectivity index (χ3n) is 2.58. The van der Waals surface area contributed by atoms with Gasteiger partial charge in [0.2, 0.25) is 0 Å². The standard InChI is InChI=1S/C16H12N2O2/c1-2-4-13(5-3-1)19-14-6-8-15(9-7-14)20-16-10-17-12-18-11-16/h1-12H.